The Morgan fingerprint density at radius 1 is 1.00 bits per heavy atom. The Hall–Kier alpha value is -0.830. The molecule has 4 saturated carbocycles. The minimum atomic E-state index is 0.146. The van der Waals surface area contributed by atoms with Crippen molar-refractivity contribution in [3.05, 3.63) is 33.8 Å². The Morgan fingerprint density at radius 2 is 1.61 bits per heavy atom. The average Bonchev–Trinajstić information content (AvgIpc) is 2.88. The summed E-state index contributed by atoms with van der Waals surface area (Å²) in [6.45, 7) is 0. The predicted octanol–water partition coefficient (Wildman–Crippen LogP) is 4.25. The second kappa shape index (κ2) is 5.08. The minimum Gasteiger partial charge on any atom is -0.350 e. The number of amides is 1. The van der Waals surface area contributed by atoms with Gasteiger partial charge in [0.1, 0.15) is 0 Å². The average molecular weight is 374 g/mol. The lowest BCUT2D eigenvalue weighted by atomic mass is 9.53. The van der Waals surface area contributed by atoms with E-state index < -0.39 is 0 Å². The lowest BCUT2D eigenvalue weighted by Crippen LogP contribution is -2.60. The molecule has 23 heavy (non-hydrogen) atoms. The van der Waals surface area contributed by atoms with Crippen molar-refractivity contribution in [1.29, 1.82) is 0 Å². The molecule has 4 bridgehead atoms. The van der Waals surface area contributed by atoms with Gasteiger partial charge in [-0.2, -0.15) is 0 Å². The van der Waals surface area contributed by atoms with Gasteiger partial charge in [0.05, 0.1) is 0 Å². The fraction of sp³-hybridized carbons (Fsp3) is 0.650. The summed E-state index contributed by atoms with van der Waals surface area (Å²) in [6.07, 6.45) is 9.85. The third kappa shape index (κ3) is 2.47. The molecule has 0 aromatic heterocycles. The van der Waals surface area contributed by atoms with Crippen molar-refractivity contribution >= 4 is 21.8 Å². The van der Waals surface area contributed by atoms with Crippen LogP contribution in [0.3, 0.4) is 0 Å². The van der Waals surface area contributed by atoms with Crippen molar-refractivity contribution in [2.24, 2.45) is 23.7 Å². The Balaban J connectivity index is 1.31. The van der Waals surface area contributed by atoms with Crippen LogP contribution in [0.4, 0.5) is 0 Å². The van der Waals surface area contributed by atoms with Crippen molar-refractivity contribution in [2.45, 2.75) is 56.9 Å². The summed E-state index contributed by atoms with van der Waals surface area (Å²) in [4.78, 5) is 13.0. The van der Waals surface area contributed by atoms with Gasteiger partial charge < -0.3 is 5.32 Å². The lowest BCUT2D eigenvalue weighted by Gasteiger charge is -2.57. The molecule has 1 N–H and O–H groups in total. The Morgan fingerprint density at radius 3 is 2.26 bits per heavy atom. The number of carbonyl (C=O) groups is 1. The number of rotatable bonds is 2. The molecule has 0 radical (unpaired) electrons. The van der Waals surface area contributed by atoms with Crippen LogP contribution in [0.25, 0.3) is 0 Å². The zero-order valence-electron chi connectivity index (χ0n) is 13.5. The first-order valence-electron chi connectivity index (χ1n) is 9.18. The highest BCUT2D eigenvalue weighted by Crippen LogP contribution is 2.55. The van der Waals surface area contributed by atoms with Crippen molar-refractivity contribution in [1.82, 2.24) is 5.32 Å². The van der Waals surface area contributed by atoms with Gasteiger partial charge >= 0.3 is 0 Å². The fourth-order valence-electron chi connectivity index (χ4n) is 6.40. The maximum atomic E-state index is 13.0. The van der Waals surface area contributed by atoms with Gasteiger partial charge in [0.25, 0.3) is 0 Å². The Kier molecular flexibility index (Phi) is 3.21. The molecule has 0 aliphatic heterocycles. The van der Waals surface area contributed by atoms with Crippen LogP contribution in [0.1, 0.15) is 49.7 Å². The molecule has 4 fully saturated rings. The number of nitrogens with one attached hydrogen (secondary N) is 1. The third-order valence-electron chi connectivity index (χ3n) is 6.90. The molecule has 0 saturated heterocycles. The summed E-state index contributed by atoms with van der Waals surface area (Å²) < 4.78 is 1.12. The third-order valence-corrected chi connectivity index (χ3v) is 7.39. The smallest absolute Gasteiger partial charge is 0.224 e. The van der Waals surface area contributed by atoms with Crippen molar-refractivity contribution in [3.8, 4) is 0 Å². The number of hydrogen-bond donors (Lipinski definition) is 1. The van der Waals surface area contributed by atoms with E-state index in [1.165, 1.54) is 49.7 Å². The normalized spacial score (nSPS) is 40.2. The number of hydrogen-bond acceptors (Lipinski definition) is 1. The van der Waals surface area contributed by atoms with Crippen LogP contribution in [0.2, 0.25) is 0 Å². The van der Waals surface area contributed by atoms with E-state index in [4.69, 9.17) is 0 Å². The van der Waals surface area contributed by atoms with Gasteiger partial charge in [0.15, 0.2) is 0 Å². The second-order valence-corrected chi connectivity index (χ2v) is 9.62. The molecule has 1 unspecified atom stereocenters. The van der Waals surface area contributed by atoms with Crippen LogP contribution < -0.4 is 5.32 Å². The highest BCUT2D eigenvalue weighted by atomic mass is 79.9. The van der Waals surface area contributed by atoms with Crippen molar-refractivity contribution in [3.63, 3.8) is 0 Å². The van der Waals surface area contributed by atoms with E-state index >= 15 is 0 Å². The van der Waals surface area contributed by atoms with E-state index in [1.54, 1.807) is 0 Å². The summed E-state index contributed by atoms with van der Waals surface area (Å²) in [6, 6.07) is 6.46. The monoisotopic (exact) mass is 373 g/mol. The molecule has 1 atom stereocenters. The molecule has 1 amide bonds. The van der Waals surface area contributed by atoms with Gasteiger partial charge in [-0.25, -0.2) is 0 Å². The van der Waals surface area contributed by atoms with E-state index in [0.717, 1.165) is 35.1 Å². The second-order valence-electron chi connectivity index (χ2n) is 8.71. The molecule has 122 valence electrons. The fourth-order valence-corrected chi connectivity index (χ4v) is 6.81. The summed E-state index contributed by atoms with van der Waals surface area (Å²) in [7, 11) is 0. The number of halogens is 1. The molecular formula is C20H24BrNO. The number of fused-ring (bicyclic) bond motifs is 1. The quantitative estimate of drug-likeness (QED) is 0.824. The largest absolute Gasteiger partial charge is 0.350 e. The molecule has 0 spiro atoms. The van der Waals surface area contributed by atoms with E-state index in [2.05, 4.69) is 39.4 Å². The summed E-state index contributed by atoms with van der Waals surface area (Å²) >= 11 is 3.55. The van der Waals surface area contributed by atoms with Crippen LogP contribution >= 0.6 is 15.9 Å². The van der Waals surface area contributed by atoms with Crippen molar-refractivity contribution < 1.29 is 4.79 Å². The highest BCUT2D eigenvalue weighted by Gasteiger charge is 2.52. The highest BCUT2D eigenvalue weighted by molar-refractivity contribution is 9.10. The molecule has 2 nitrogen and oxygen atoms in total. The maximum absolute atomic E-state index is 13.0. The van der Waals surface area contributed by atoms with Crippen LogP contribution in [0.5, 0.6) is 0 Å². The molecular weight excluding hydrogens is 350 g/mol. The van der Waals surface area contributed by atoms with Crippen LogP contribution in [-0.4, -0.2) is 11.4 Å². The lowest BCUT2D eigenvalue weighted by molar-refractivity contribution is -0.130. The zero-order chi connectivity index (χ0) is 15.6. The van der Waals surface area contributed by atoms with Gasteiger partial charge in [-0.3, -0.25) is 4.79 Å². The molecule has 5 aliphatic rings. The zero-order valence-corrected chi connectivity index (χ0v) is 15.1. The van der Waals surface area contributed by atoms with E-state index in [-0.39, 0.29) is 11.5 Å². The van der Waals surface area contributed by atoms with Gasteiger partial charge in [-0.15, -0.1) is 0 Å². The van der Waals surface area contributed by atoms with Gasteiger partial charge in [-0.1, -0.05) is 22.0 Å². The minimum absolute atomic E-state index is 0.146. The van der Waals surface area contributed by atoms with E-state index in [9.17, 15) is 4.79 Å². The molecule has 1 aromatic carbocycles. The molecule has 3 heteroatoms. The maximum Gasteiger partial charge on any atom is 0.224 e. The van der Waals surface area contributed by atoms with E-state index in [1.807, 2.05) is 0 Å². The molecule has 6 rings (SSSR count). The molecule has 0 heterocycles. The Bertz CT molecular complexity index is 632. The predicted molar refractivity (Wildman–Crippen MR) is 94.1 cm³/mol. The van der Waals surface area contributed by atoms with E-state index in [0.29, 0.717) is 5.91 Å². The first kappa shape index (κ1) is 14.5. The van der Waals surface area contributed by atoms with Gasteiger partial charge in [0.2, 0.25) is 5.91 Å². The SMILES string of the molecule is O=C(NC12CC3CC(CC(C3)C1)C2)C1Cc2ccc(Br)cc2C1. The van der Waals surface area contributed by atoms with Crippen LogP contribution in [0.15, 0.2) is 22.7 Å². The first-order chi connectivity index (χ1) is 11.1. The topological polar surface area (TPSA) is 29.1 Å². The summed E-state index contributed by atoms with van der Waals surface area (Å²) in [5, 5.41) is 3.57. The molecule has 5 aliphatic carbocycles. The summed E-state index contributed by atoms with van der Waals surface area (Å²) in [5.41, 5.74) is 2.87. The number of carbonyl (C=O) groups excluding carboxylic acids is 1. The van der Waals surface area contributed by atoms with Gasteiger partial charge in [0, 0.05) is 15.9 Å². The Labute approximate surface area is 146 Å². The van der Waals surface area contributed by atoms with Crippen LogP contribution in [0, 0.1) is 23.7 Å². The summed E-state index contributed by atoms with van der Waals surface area (Å²) in [5.74, 6) is 3.13. The van der Waals surface area contributed by atoms with Crippen molar-refractivity contribution in [2.75, 3.05) is 0 Å². The van der Waals surface area contributed by atoms with Crippen LogP contribution in [-0.2, 0) is 17.6 Å². The molecule has 1 aromatic rings. The number of benzene rings is 1. The standard InChI is InChI=1S/C20H24BrNO/c21-18-2-1-15-6-17(7-16(15)8-18)19(23)22-20-9-12-3-13(10-20)5-14(4-12)11-20/h1-2,8,12-14,17H,3-7,9-11H2,(H,22,23). The first-order valence-corrected chi connectivity index (χ1v) is 9.97. The van der Waals surface area contributed by atoms with Gasteiger partial charge in [-0.05, 0) is 92.4 Å².